The average Bonchev–Trinajstić information content (AvgIpc) is 3.05. The molecule has 1 atom stereocenters. The lowest BCUT2D eigenvalue weighted by Crippen LogP contribution is -2.40. The van der Waals surface area contributed by atoms with Gasteiger partial charge in [-0.2, -0.15) is 0 Å². The molecule has 0 saturated heterocycles. The molecule has 1 amide bonds. The molecular weight excluding hydrogens is 304 g/mol. The third-order valence-electron chi connectivity index (χ3n) is 4.45. The molecular formula is C19H20N2O3. The second kappa shape index (κ2) is 6.07. The van der Waals surface area contributed by atoms with Crippen molar-refractivity contribution in [2.75, 3.05) is 30.0 Å². The van der Waals surface area contributed by atoms with E-state index in [1.54, 1.807) is 0 Å². The van der Waals surface area contributed by atoms with E-state index in [1.165, 1.54) is 5.56 Å². The number of nitrogens with zero attached hydrogens (tertiary/aromatic N) is 1. The number of carbonyl (C=O) groups excluding carboxylic acids is 1. The molecule has 24 heavy (non-hydrogen) atoms. The minimum atomic E-state index is -0.321. The van der Waals surface area contributed by atoms with Gasteiger partial charge in [-0.05, 0) is 37.1 Å². The zero-order chi connectivity index (χ0) is 16.5. The number of rotatable bonds is 3. The number of amides is 1. The molecule has 0 spiro atoms. The van der Waals surface area contributed by atoms with Crippen LogP contribution in [0.1, 0.15) is 12.5 Å². The topological polar surface area (TPSA) is 50.8 Å². The third-order valence-corrected chi connectivity index (χ3v) is 4.45. The van der Waals surface area contributed by atoms with Crippen LogP contribution >= 0.6 is 0 Å². The van der Waals surface area contributed by atoms with Gasteiger partial charge in [-0.15, -0.1) is 0 Å². The van der Waals surface area contributed by atoms with Gasteiger partial charge in [0.15, 0.2) is 11.5 Å². The molecule has 2 aliphatic rings. The number of ether oxygens (including phenoxy) is 2. The largest absolute Gasteiger partial charge is 0.486 e. The number of benzene rings is 2. The summed E-state index contributed by atoms with van der Waals surface area (Å²) in [6.07, 6.45) is 0.915. The molecule has 5 nitrogen and oxygen atoms in total. The highest BCUT2D eigenvalue weighted by atomic mass is 16.6. The van der Waals surface area contributed by atoms with E-state index in [4.69, 9.17) is 9.47 Å². The molecule has 2 aliphatic heterocycles. The van der Waals surface area contributed by atoms with Gasteiger partial charge in [-0.25, -0.2) is 0 Å². The molecule has 0 fully saturated rings. The normalized spacial score (nSPS) is 16.5. The van der Waals surface area contributed by atoms with Crippen molar-refractivity contribution in [1.29, 1.82) is 0 Å². The van der Waals surface area contributed by atoms with E-state index in [1.807, 2.05) is 48.2 Å². The zero-order valence-electron chi connectivity index (χ0n) is 13.6. The minimum absolute atomic E-state index is 0.0786. The maximum Gasteiger partial charge on any atom is 0.249 e. The van der Waals surface area contributed by atoms with Crippen molar-refractivity contribution in [1.82, 2.24) is 0 Å². The number of nitrogens with one attached hydrogen (secondary N) is 1. The Bertz CT molecular complexity index is 775. The van der Waals surface area contributed by atoms with E-state index in [-0.39, 0.29) is 11.9 Å². The van der Waals surface area contributed by atoms with E-state index in [2.05, 4.69) is 11.4 Å². The van der Waals surface area contributed by atoms with Crippen molar-refractivity contribution in [3.8, 4) is 11.5 Å². The fourth-order valence-corrected chi connectivity index (χ4v) is 3.25. The Kier molecular flexibility index (Phi) is 3.76. The molecule has 2 heterocycles. The lowest BCUT2D eigenvalue weighted by molar-refractivity contribution is -0.118. The molecule has 0 aromatic heterocycles. The van der Waals surface area contributed by atoms with Crippen LogP contribution in [-0.4, -0.2) is 31.7 Å². The first-order valence-corrected chi connectivity index (χ1v) is 8.28. The Balaban J connectivity index is 1.48. The summed E-state index contributed by atoms with van der Waals surface area (Å²) in [5, 5.41) is 3.27. The summed E-state index contributed by atoms with van der Waals surface area (Å²) in [6, 6.07) is 13.4. The summed E-state index contributed by atoms with van der Waals surface area (Å²) in [5.41, 5.74) is 3.11. The van der Waals surface area contributed by atoms with Crippen LogP contribution in [0.5, 0.6) is 11.5 Å². The van der Waals surface area contributed by atoms with Gasteiger partial charge in [-0.1, -0.05) is 18.2 Å². The lowest BCUT2D eigenvalue weighted by Gasteiger charge is -2.24. The molecule has 0 radical (unpaired) electrons. The Labute approximate surface area is 141 Å². The maximum absolute atomic E-state index is 12.8. The molecule has 5 heteroatoms. The first-order valence-electron chi connectivity index (χ1n) is 8.28. The molecule has 124 valence electrons. The second-order valence-corrected chi connectivity index (χ2v) is 6.09. The highest BCUT2D eigenvalue weighted by Crippen LogP contribution is 2.33. The van der Waals surface area contributed by atoms with Crippen LogP contribution in [0.4, 0.5) is 11.4 Å². The number of carbonyl (C=O) groups is 1. The van der Waals surface area contributed by atoms with Gasteiger partial charge >= 0.3 is 0 Å². The first-order chi connectivity index (χ1) is 11.7. The van der Waals surface area contributed by atoms with Crippen LogP contribution in [0.25, 0.3) is 0 Å². The smallest absolute Gasteiger partial charge is 0.249 e. The van der Waals surface area contributed by atoms with E-state index in [0.29, 0.717) is 13.2 Å². The summed E-state index contributed by atoms with van der Waals surface area (Å²) in [7, 11) is 0. The predicted molar refractivity (Wildman–Crippen MR) is 93.0 cm³/mol. The van der Waals surface area contributed by atoms with E-state index in [9.17, 15) is 4.79 Å². The third kappa shape index (κ3) is 2.66. The highest BCUT2D eigenvalue weighted by Gasteiger charge is 2.27. The molecule has 2 aromatic carbocycles. The van der Waals surface area contributed by atoms with Crippen molar-refractivity contribution >= 4 is 17.3 Å². The van der Waals surface area contributed by atoms with Crippen LogP contribution in [0, 0.1) is 0 Å². The Morgan fingerprint density at radius 2 is 1.92 bits per heavy atom. The fourth-order valence-electron chi connectivity index (χ4n) is 3.25. The van der Waals surface area contributed by atoms with Gasteiger partial charge < -0.3 is 19.7 Å². The van der Waals surface area contributed by atoms with Gasteiger partial charge in [0.1, 0.15) is 19.3 Å². The van der Waals surface area contributed by atoms with Crippen molar-refractivity contribution in [2.45, 2.75) is 19.4 Å². The molecule has 0 unspecified atom stereocenters. The van der Waals surface area contributed by atoms with E-state index >= 15 is 0 Å². The fraction of sp³-hybridized carbons (Fsp3) is 0.316. The van der Waals surface area contributed by atoms with Crippen LogP contribution in [-0.2, 0) is 11.2 Å². The van der Waals surface area contributed by atoms with E-state index in [0.717, 1.165) is 35.8 Å². The lowest BCUT2D eigenvalue weighted by atomic mass is 10.2. The Morgan fingerprint density at radius 1 is 1.12 bits per heavy atom. The molecule has 0 aliphatic carbocycles. The van der Waals surface area contributed by atoms with Crippen LogP contribution < -0.4 is 19.7 Å². The monoisotopic (exact) mass is 324 g/mol. The van der Waals surface area contributed by atoms with Crippen molar-refractivity contribution in [2.24, 2.45) is 0 Å². The summed E-state index contributed by atoms with van der Waals surface area (Å²) in [4.78, 5) is 14.7. The summed E-state index contributed by atoms with van der Waals surface area (Å²) >= 11 is 0. The molecule has 4 rings (SSSR count). The van der Waals surface area contributed by atoms with Gasteiger partial charge in [-0.3, -0.25) is 4.79 Å². The second-order valence-electron chi connectivity index (χ2n) is 6.09. The number of hydrogen-bond donors (Lipinski definition) is 1. The SMILES string of the molecule is C[C@@H](Nc1ccc2c(c1)OCCO2)C(=O)N1CCc2ccccc21. The first kappa shape index (κ1) is 14.9. The number of para-hydroxylation sites is 1. The molecule has 1 N–H and O–H groups in total. The van der Waals surface area contributed by atoms with Gasteiger partial charge in [0.2, 0.25) is 5.91 Å². The molecule has 0 saturated carbocycles. The molecule has 2 aromatic rings. The Morgan fingerprint density at radius 3 is 2.79 bits per heavy atom. The van der Waals surface area contributed by atoms with Gasteiger partial charge in [0.05, 0.1) is 0 Å². The predicted octanol–water partition coefficient (Wildman–Crippen LogP) is 2.85. The highest BCUT2D eigenvalue weighted by molar-refractivity contribution is 6.00. The van der Waals surface area contributed by atoms with Gasteiger partial charge in [0.25, 0.3) is 0 Å². The van der Waals surface area contributed by atoms with Crippen LogP contribution in [0.15, 0.2) is 42.5 Å². The minimum Gasteiger partial charge on any atom is -0.486 e. The average molecular weight is 324 g/mol. The van der Waals surface area contributed by atoms with Crippen LogP contribution in [0.2, 0.25) is 0 Å². The van der Waals surface area contributed by atoms with Gasteiger partial charge in [0, 0.05) is 24.0 Å². The van der Waals surface area contributed by atoms with Crippen molar-refractivity contribution in [3.05, 3.63) is 48.0 Å². The van der Waals surface area contributed by atoms with Crippen molar-refractivity contribution in [3.63, 3.8) is 0 Å². The molecule has 0 bridgehead atoms. The number of hydrogen-bond acceptors (Lipinski definition) is 4. The summed E-state index contributed by atoms with van der Waals surface area (Å²) in [5.74, 6) is 1.55. The van der Waals surface area contributed by atoms with Crippen molar-refractivity contribution < 1.29 is 14.3 Å². The maximum atomic E-state index is 12.8. The zero-order valence-corrected chi connectivity index (χ0v) is 13.6. The summed E-state index contributed by atoms with van der Waals surface area (Å²) in [6.45, 7) is 3.75. The van der Waals surface area contributed by atoms with Crippen LogP contribution in [0.3, 0.4) is 0 Å². The number of anilines is 2. The quantitative estimate of drug-likeness (QED) is 0.943. The van der Waals surface area contributed by atoms with E-state index < -0.39 is 0 Å². The summed E-state index contributed by atoms with van der Waals surface area (Å²) < 4.78 is 11.1. The Hall–Kier alpha value is -2.69. The number of fused-ring (bicyclic) bond motifs is 2. The standard InChI is InChI=1S/C19H20N2O3/c1-13(19(22)21-9-8-14-4-2-3-5-16(14)21)20-15-6-7-17-18(12-15)24-11-10-23-17/h2-7,12-13,20H,8-11H2,1H3/t13-/m1/s1.